The molecule has 3 rings (SSSR count). The lowest BCUT2D eigenvalue weighted by Crippen LogP contribution is -2.20. The molecule has 0 radical (unpaired) electrons. The van der Waals surface area contributed by atoms with Gasteiger partial charge in [0, 0.05) is 15.7 Å². The number of H-pyrrole nitrogens is 1. The number of hydrazone groups is 1. The minimum absolute atomic E-state index is 0.277. The van der Waals surface area contributed by atoms with Crippen molar-refractivity contribution in [3.63, 3.8) is 0 Å². The van der Waals surface area contributed by atoms with E-state index in [4.69, 9.17) is 0 Å². The predicted octanol–water partition coefficient (Wildman–Crippen LogP) is 3.44. The zero-order chi connectivity index (χ0) is 16.1. The molecule has 2 N–H and O–H groups in total. The van der Waals surface area contributed by atoms with Gasteiger partial charge in [-0.25, -0.2) is 5.43 Å². The van der Waals surface area contributed by atoms with Gasteiger partial charge in [-0.1, -0.05) is 30.3 Å². The van der Waals surface area contributed by atoms with Gasteiger partial charge in [0.2, 0.25) is 0 Å². The first kappa shape index (κ1) is 15.7. The standard InChI is InChI=1S/C17H17BrN4O/c18-13(10-12-6-2-1-3-7-12)11-19-22-17(23)16-14-8-4-5-9-15(14)20-21-16/h1-3,6-7,10-11H,4-5,8-9H2,(H,20,21)(H,22,23)/b13-10-,19-11-. The molecule has 1 aliphatic carbocycles. The first-order valence-electron chi connectivity index (χ1n) is 7.56. The SMILES string of the molecule is O=C(N/N=C\C(Br)=C\c1ccccc1)c1n[nH]c2c1CCCC2. The summed E-state index contributed by atoms with van der Waals surface area (Å²) >= 11 is 3.41. The van der Waals surface area contributed by atoms with Crippen LogP contribution in [0.15, 0.2) is 39.9 Å². The second-order valence-electron chi connectivity index (χ2n) is 5.38. The molecule has 1 aliphatic rings. The molecule has 0 unspecified atom stereocenters. The Bertz CT molecular complexity index is 749. The van der Waals surface area contributed by atoms with Crippen LogP contribution in [0, 0.1) is 0 Å². The number of aromatic amines is 1. The van der Waals surface area contributed by atoms with Gasteiger partial charge in [-0.15, -0.1) is 0 Å². The number of nitrogens with one attached hydrogen (secondary N) is 2. The van der Waals surface area contributed by atoms with Gasteiger partial charge in [0.25, 0.3) is 5.91 Å². The van der Waals surface area contributed by atoms with Crippen LogP contribution in [0.4, 0.5) is 0 Å². The summed E-state index contributed by atoms with van der Waals surface area (Å²) in [5.74, 6) is -0.277. The molecule has 0 saturated heterocycles. The third-order valence-electron chi connectivity index (χ3n) is 3.73. The Kier molecular flexibility index (Phi) is 5.02. The van der Waals surface area contributed by atoms with Crippen molar-refractivity contribution in [1.82, 2.24) is 15.6 Å². The number of aromatic nitrogens is 2. The van der Waals surface area contributed by atoms with Crippen molar-refractivity contribution >= 4 is 34.1 Å². The lowest BCUT2D eigenvalue weighted by atomic mass is 9.96. The van der Waals surface area contributed by atoms with Gasteiger partial charge in [-0.3, -0.25) is 9.89 Å². The van der Waals surface area contributed by atoms with E-state index in [2.05, 4.69) is 36.7 Å². The van der Waals surface area contributed by atoms with Crippen LogP contribution >= 0.6 is 15.9 Å². The smallest absolute Gasteiger partial charge is 0.281 e. The van der Waals surface area contributed by atoms with E-state index in [-0.39, 0.29) is 5.91 Å². The quantitative estimate of drug-likeness (QED) is 0.637. The fourth-order valence-electron chi connectivity index (χ4n) is 2.62. The number of rotatable bonds is 4. The van der Waals surface area contributed by atoms with Gasteiger partial charge in [-0.05, 0) is 53.3 Å². The number of allylic oxidation sites excluding steroid dienone is 1. The van der Waals surface area contributed by atoms with E-state index in [1.807, 2.05) is 36.4 Å². The van der Waals surface area contributed by atoms with Gasteiger partial charge in [0.1, 0.15) is 0 Å². The van der Waals surface area contributed by atoms with E-state index >= 15 is 0 Å². The Balaban J connectivity index is 1.63. The van der Waals surface area contributed by atoms with E-state index in [9.17, 15) is 4.79 Å². The maximum absolute atomic E-state index is 12.2. The number of aryl methyl sites for hydroxylation is 1. The number of hydrogen-bond donors (Lipinski definition) is 2. The average Bonchev–Trinajstić information content (AvgIpc) is 3.00. The molecule has 1 aromatic carbocycles. The molecular weight excluding hydrogens is 356 g/mol. The third-order valence-corrected chi connectivity index (χ3v) is 4.16. The predicted molar refractivity (Wildman–Crippen MR) is 94.5 cm³/mol. The van der Waals surface area contributed by atoms with Gasteiger partial charge in [-0.2, -0.15) is 10.2 Å². The first-order chi connectivity index (χ1) is 11.2. The Hall–Kier alpha value is -2.21. The summed E-state index contributed by atoms with van der Waals surface area (Å²) in [6.45, 7) is 0. The second-order valence-corrected chi connectivity index (χ2v) is 6.29. The molecule has 0 fully saturated rings. The van der Waals surface area contributed by atoms with Crippen LogP contribution in [0.25, 0.3) is 6.08 Å². The second kappa shape index (κ2) is 7.37. The number of carbonyl (C=O) groups is 1. The van der Waals surface area contributed by atoms with Crippen molar-refractivity contribution < 1.29 is 4.79 Å². The highest BCUT2D eigenvalue weighted by molar-refractivity contribution is 9.12. The van der Waals surface area contributed by atoms with E-state index in [1.54, 1.807) is 6.21 Å². The Morgan fingerprint density at radius 3 is 2.87 bits per heavy atom. The highest BCUT2D eigenvalue weighted by Gasteiger charge is 2.21. The van der Waals surface area contributed by atoms with Gasteiger partial charge in [0.15, 0.2) is 5.69 Å². The third kappa shape index (κ3) is 3.96. The van der Waals surface area contributed by atoms with Crippen LogP contribution in [-0.2, 0) is 12.8 Å². The number of hydrogen-bond acceptors (Lipinski definition) is 3. The highest BCUT2D eigenvalue weighted by atomic mass is 79.9. The molecule has 0 spiro atoms. The molecule has 0 bridgehead atoms. The van der Waals surface area contributed by atoms with Crippen molar-refractivity contribution in [3.05, 3.63) is 57.3 Å². The van der Waals surface area contributed by atoms with Crippen LogP contribution < -0.4 is 5.43 Å². The molecular formula is C17H17BrN4O. The van der Waals surface area contributed by atoms with Crippen LogP contribution in [0.2, 0.25) is 0 Å². The number of nitrogens with zero attached hydrogens (tertiary/aromatic N) is 2. The molecule has 118 valence electrons. The maximum Gasteiger partial charge on any atom is 0.292 e. The van der Waals surface area contributed by atoms with Crippen LogP contribution in [0.5, 0.6) is 0 Å². The fraction of sp³-hybridized carbons (Fsp3) is 0.235. The minimum atomic E-state index is -0.277. The van der Waals surface area contributed by atoms with Gasteiger partial charge in [0.05, 0.1) is 6.21 Å². The summed E-state index contributed by atoms with van der Waals surface area (Å²) in [4.78, 5) is 12.2. The van der Waals surface area contributed by atoms with E-state index in [0.29, 0.717) is 5.69 Å². The lowest BCUT2D eigenvalue weighted by Gasteiger charge is -2.10. The number of fused-ring (bicyclic) bond motifs is 1. The molecule has 1 heterocycles. The van der Waals surface area contributed by atoms with Crippen molar-refractivity contribution in [2.75, 3.05) is 0 Å². The molecule has 1 amide bonds. The molecule has 0 atom stereocenters. The lowest BCUT2D eigenvalue weighted by molar-refractivity contribution is 0.0949. The molecule has 5 nitrogen and oxygen atoms in total. The number of amides is 1. The average molecular weight is 373 g/mol. The minimum Gasteiger partial charge on any atom is -0.281 e. The number of benzene rings is 1. The summed E-state index contributed by atoms with van der Waals surface area (Å²) in [5.41, 5.74) is 6.15. The van der Waals surface area contributed by atoms with E-state index in [1.165, 1.54) is 0 Å². The van der Waals surface area contributed by atoms with E-state index < -0.39 is 0 Å². The number of carbonyl (C=O) groups excluding carboxylic acids is 1. The van der Waals surface area contributed by atoms with Gasteiger partial charge < -0.3 is 0 Å². The van der Waals surface area contributed by atoms with Crippen molar-refractivity contribution in [2.24, 2.45) is 5.10 Å². The highest BCUT2D eigenvalue weighted by Crippen LogP contribution is 2.21. The Morgan fingerprint density at radius 1 is 1.26 bits per heavy atom. The van der Waals surface area contributed by atoms with Crippen molar-refractivity contribution in [3.8, 4) is 0 Å². The molecule has 2 aromatic rings. The normalized spacial score (nSPS) is 14.7. The molecule has 23 heavy (non-hydrogen) atoms. The monoisotopic (exact) mass is 372 g/mol. The van der Waals surface area contributed by atoms with Crippen LogP contribution in [0.1, 0.15) is 40.2 Å². The largest absolute Gasteiger partial charge is 0.292 e. The van der Waals surface area contributed by atoms with Crippen LogP contribution in [0.3, 0.4) is 0 Å². The van der Waals surface area contributed by atoms with Crippen molar-refractivity contribution in [2.45, 2.75) is 25.7 Å². The Morgan fingerprint density at radius 2 is 2.04 bits per heavy atom. The molecule has 1 aromatic heterocycles. The van der Waals surface area contributed by atoms with E-state index in [0.717, 1.165) is 47.0 Å². The summed E-state index contributed by atoms with van der Waals surface area (Å²) in [7, 11) is 0. The summed E-state index contributed by atoms with van der Waals surface area (Å²) in [6, 6.07) is 9.87. The summed E-state index contributed by atoms with van der Waals surface area (Å²) < 4.78 is 0.771. The molecule has 0 saturated carbocycles. The van der Waals surface area contributed by atoms with Crippen LogP contribution in [-0.4, -0.2) is 22.3 Å². The molecule has 0 aliphatic heterocycles. The fourth-order valence-corrected chi connectivity index (χ4v) is 2.99. The zero-order valence-electron chi connectivity index (χ0n) is 12.6. The molecule has 6 heteroatoms. The van der Waals surface area contributed by atoms with Crippen molar-refractivity contribution in [1.29, 1.82) is 0 Å². The Labute approximate surface area is 143 Å². The zero-order valence-corrected chi connectivity index (χ0v) is 14.1. The topological polar surface area (TPSA) is 70.1 Å². The number of halogens is 1. The van der Waals surface area contributed by atoms with Gasteiger partial charge >= 0.3 is 0 Å². The maximum atomic E-state index is 12.2. The summed E-state index contributed by atoms with van der Waals surface area (Å²) in [6.07, 6.45) is 7.59. The summed E-state index contributed by atoms with van der Waals surface area (Å²) in [5, 5.41) is 11.1. The first-order valence-corrected chi connectivity index (χ1v) is 8.35.